The maximum atomic E-state index is 5.56. The van der Waals surface area contributed by atoms with Crippen molar-refractivity contribution in [2.24, 2.45) is 4.99 Å². The fraction of sp³-hybridized carbons (Fsp3) is 0.579. The van der Waals surface area contributed by atoms with Gasteiger partial charge in [0.15, 0.2) is 5.96 Å². The predicted molar refractivity (Wildman–Crippen MR) is 108 cm³/mol. The first-order chi connectivity index (χ1) is 12.6. The lowest BCUT2D eigenvalue weighted by molar-refractivity contribution is 0.0982. The van der Waals surface area contributed by atoms with E-state index in [1.807, 2.05) is 17.5 Å². The molecular formula is C19H29N5OS. The van der Waals surface area contributed by atoms with Gasteiger partial charge in [-0.2, -0.15) is 0 Å². The Labute approximate surface area is 159 Å². The molecule has 0 radical (unpaired) electrons. The second kappa shape index (κ2) is 8.68. The van der Waals surface area contributed by atoms with Gasteiger partial charge in [0.2, 0.25) is 5.89 Å². The van der Waals surface area contributed by atoms with E-state index in [0.29, 0.717) is 12.4 Å². The Morgan fingerprint density at radius 1 is 1.31 bits per heavy atom. The Kier molecular flexibility index (Phi) is 6.32. The Hall–Kier alpha value is -1.86. The number of hydrogen-bond acceptors (Lipinski definition) is 5. The predicted octanol–water partition coefficient (Wildman–Crippen LogP) is 3.33. The summed E-state index contributed by atoms with van der Waals surface area (Å²) in [4.78, 5) is 12.5. The number of nitrogens with zero attached hydrogens (tertiary/aromatic N) is 3. The second-order valence-corrected chi connectivity index (χ2v) is 8.21. The van der Waals surface area contributed by atoms with Crippen molar-refractivity contribution < 1.29 is 4.42 Å². The van der Waals surface area contributed by atoms with Gasteiger partial charge >= 0.3 is 0 Å². The molecule has 3 rings (SSSR count). The first-order valence-corrected chi connectivity index (χ1v) is 10.1. The molecule has 2 aromatic heterocycles. The maximum absolute atomic E-state index is 5.56. The van der Waals surface area contributed by atoms with E-state index in [1.165, 1.54) is 32.4 Å². The number of rotatable bonds is 6. The van der Waals surface area contributed by atoms with Crippen LogP contribution in [0.15, 0.2) is 33.2 Å². The molecule has 3 heterocycles. The van der Waals surface area contributed by atoms with Crippen LogP contribution in [0.25, 0.3) is 10.8 Å². The van der Waals surface area contributed by atoms with Gasteiger partial charge in [0, 0.05) is 19.1 Å². The third-order valence-corrected chi connectivity index (χ3v) is 5.70. The van der Waals surface area contributed by atoms with E-state index in [4.69, 9.17) is 4.42 Å². The van der Waals surface area contributed by atoms with Crippen LogP contribution in [0.2, 0.25) is 0 Å². The molecule has 0 saturated carbocycles. The van der Waals surface area contributed by atoms with Gasteiger partial charge < -0.3 is 15.1 Å². The van der Waals surface area contributed by atoms with Crippen molar-refractivity contribution in [2.45, 2.75) is 45.2 Å². The molecule has 1 saturated heterocycles. The van der Waals surface area contributed by atoms with Crippen LogP contribution < -0.4 is 10.6 Å². The van der Waals surface area contributed by atoms with Gasteiger partial charge in [0.25, 0.3) is 0 Å². The Bertz CT molecular complexity index is 701. The van der Waals surface area contributed by atoms with Gasteiger partial charge in [-0.3, -0.25) is 9.89 Å². The number of aliphatic imine (C=N–C) groups is 1. The van der Waals surface area contributed by atoms with E-state index in [9.17, 15) is 0 Å². The molecule has 2 N–H and O–H groups in total. The van der Waals surface area contributed by atoms with Gasteiger partial charge in [-0.05, 0) is 51.2 Å². The molecule has 0 aliphatic carbocycles. The number of aromatic nitrogens is 1. The van der Waals surface area contributed by atoms with Crippen molar-refractivity contribution in [1.29, 1.82) is 0 Å². The molecule has 1 aliphatic heterocycles. The summed E-state index contributed by atoms with van der Waals surface area (Å²) in [5.41, 5.74) is 0.977. The highest BCUT2D eigenvalue weighted by Gasteiger charge is 2.27. The topological polar surface area (TPSA) is 65.7 Å². The molecular weight excluding hydrogens is 346 g/mol. The molecule has 0 spiro atoms. The first kappa shape index (κ1) is 18.9. The Morgan fingerprint density at radius 2 is 2.12 bits per heavy atom. The molecule has 1 fully saturated rings. The minimum atomic E-state index is 0.109. The van der Waals surface area contributed by atoms with Crippen LogP contribution in [0.4, 0.5) is 0 Å². The number of hydrogen-bond donors (Lipinski definition) is 2. The largest absolute Gasteiger partial charge is 0.443 e. The molecule has 142 valence electrons. The van der Waals surface area contributed by atoms with E-state index in [2.05, 4.69) is 39.4 Å². The Morgan fingerprint density at radius 3 is 2.81 bits per heavy atom. The van der Waals surface area contributed by atoms with E-state index in [1.54, 1.807) is 24.6 Å². The molecule has 1 aliphatic rings. The highest BCUT2D eigenvalue weighted by atomic mass is 32.1. The summed E-state index contributed by atoms with van der Waals surface area (Å²) in [7, 11) is 1.79. The number of thiophene rings is 1. The lowest BCUT2D eigenvalue weighted by Gasteiger charge is -2.41. The average molecular weight is 376 g/mol. The van der Waals surface area contributed by atoms with Gasteiger partial charge in [0.1, 0.15) is 6.26 Å². The van der Waals surface area contributed by atoms with Gasteiger partial charge in [-0.25, -0.2) is 4.98 Å². The number of likely N-dealkylation sites (tertiary alicyclic amines) is 1. The van der Waals surface area contributed by atoms with Crippen LogP contribution in [0.3, 0.4) is 0 Å². The fourth-order valence-electron chi connectivity index (χ4n) is 3.21. The van der Waals surface area contributed by atoms with Crippen molar-refractivity contribution in [3.05, 3.63) is 29.5 Å². The lowest BCUT2D eigenvalue weighted by Crippen LogP contribution is -2.54. The van der Waals surface area contributed by atoms with E-state index < -0.39 is 0 Å². The van der Waals surface area contributed by atoms with E-state index >= 15 is 0 Å². The molecule has 0 amide bonds. The summed E-state index contributed by atoms with van der Waals surface area (Å²) >= 11 is 1.63. The van der Waals surface area contributed by atoms with Crippen LogP contribution >= 0.6 is 11.3 Å². The summed E-state index contributed by atoms with van der Waals surface area (Å²) < 4.78 is 5.56. The lowest BCUT2D eigenvalue weighted by atomic mass is 9.98. The number of nitrogens with one attached hydrogen (secondary N) is 2. The quantitative estimate of drug-likeness (QED) is 0.599. The van der Waals surface area contributed by atoms with Crippen molar-refractivity contribution in [1.82, 2.24) is 20.5 Å². The molecule has 2 aromatic rings. The summed E-state index contributed by atoms with van der Waals surface area (Å²) in [5.74, 6) is 1.46. The molecule has 26 heavy (non-hydrogen) atoms. The zero-order chi connectivity index (χ0) is 18.4. The highest BCUT2D eigenvalue weighted by molar-refractivity contribution is 7.13. The number of guanidine groups is 1. The van der Waals surface area contributed by atoms with Gasteiger partial charge in [-0.1, -0.05) is 12.5 Å². The smallest absolute Gasteiger partial charge is 0.236 e. The minimum Gasteiger partial charge on any atom is -0.443 e. The first-order valence-electron chi connectivity index (χ1n) is 9.26. The Balaban J connectivity index is 1.49. The van der Waals surface area contributed by atoms with Crippen molar-refractivity contribution in [3.8, 4) is 10.8 Å². The number of piperidine rings is 1. The summed E-state index contributed by atoms with van der Waals surface area (Å²) in [6.45, 7) is 8.40. The minimum absolute atomic E-state index is 0.109. The molecule has 6 nitrogen and oxygen atoms in total. The summed E-state index contributed by atoms with van der Waals surface area (Å²) in [6.07, 6.45) is 5.66. The van der Waals surface area contributed by atoms with Gasteiger partial charge in [-0.15, -0.1) is 11.3 Å². The third kappa shape index (κ3) is 4.86. The number of oxazole rings is 1. The van der Waals surface area contributed by atoms with Crippen LogP contribution in [0.1, 0.15) is 38.8 Å². The molecule has 0 atom stereocenters. The summed E-state index contributed by atoms with van der Waals surface area (Å²) in [5, 5.41) is 8.79. The average Bonchev–Trinajstić information content (AvgIpc) is 3.34. The maximum Gasteiger partial charge on any atom is 0.236 e. The fourth-order valence-corrected chi connectivity index (χ4v) is 3.86. The van der Waals surface area contributed by atoms with Crippen LogP contribution in [-0.2, 0) is 6.54 Å². The van der Waals surface area contributed by atoms with E-state index in [0.717, 1.165) is 23.1 Å². The highest BCUT2D eigenvalue weighted by Crippen LogP contribution is 2.23. The molecule has 0 aromatic carbocycles. The SMILES string of the molecule is CN=C(NCc1coc(-c2cccs2)n1)NCC(C)(C)N1CCCCC1. The zero-order valence-corrected chi connectivity index (χ0v) is 16.7. The van der Waals surface area contributed by atoms with Crippen molar-refractivity contribution in [3.63, 3.8) is 0 Å². The zero-order valence-electron chi connectivity index (χ0n) is 15.9. The monoisotopic (exact) mass is 375 g/mol. The standard InChI is InChI=1S/C19H29N5OS/c1-19(2,24-9-5-4-6-10-24)14-22-18(20-3)21-12-15-13-25-17(23-15)16-8-7-11-26-16/h7-8,11,13H,4-6,9-10,12,14H2,1-3H3,(H2,20,21,22). The summed E-state index contributed by atoms with van der Waals surface area (Å²) in [6, 6.07) is 4.01. The van der Waals surface area contributed by atoms with Crippen LogP contribution in [-0.4, -0.2) is 48.1 Å². The molecule has 7 heteroatoms. The van der Waals surface area contributed by atoms with Crippen molar-refractivity contribution in [2.75, 3.05) is 26.7 Å². The van der Waals surface area contributed by atoms with Crippen LogP contribution in [0, 0.1) is 0 Å². The van der Waals surface area contributed by atoms with Crippen LogP contribution in [0.5, 0.6) is 0 Å². The second-order valence-electron chi connectivity index (χ2n) is 7.26. The third-order valence-electron chi connectivity index (χ3n) is 4.84. The van der Waals surface area contributed by atoms with Gasteiger partial charge in [0.05, 0.1) is 17.1 Å². The molecule has 0 bridgehead atoms. The van der Waals surface area contributed by atoms with E-state index in [-0.39, 0.29) is 5.54 Å². The normalized spacial score (nSPS) is 16.7. The molecule has 0 unspecified atom stereocenters. The van der Waals surface area contributed by atoms with Crippen molar-refractivity contribution >= 4 is 17.3 Å².